The molecule has 1 aromatic carbocycles. The molecule has 7 nitrogen and oxygen atoms in total. The molecule has 0 radical (unpaired) electrons. The van der Waals surface area contributed by atoms with Gasteiger partial charge in [-0.1, -0.05) is 30.0 Å². The Balaban J connectivity index is 1.54. The predicted molar refractivity (Wildman–Crippen MR) is 121 cm³/mol. The van der Waals surface area contributed by atoms with E-state index in [0.29, 0.717) is 16.7 Å². The Hall–Kier alpha value is -4.36. The van der Waals surface area contributed by atoms with Gasteiger partial charge in [0.25, 0.3) is 0 Å². The molecule has 3 N–H and O–H groups in total. The second kappa shape index (κ2) is 9.87. The molecule has 0 saturated heterocycles. The van der Waals surface area contributed by atoms with E-state index >= 15 is 0 Å². The number of halogens is 3. The summed E-state index contributed by atoms with van der Waals surface area (Å²) in [5, 5.41) is 0.736. The molecule has 1 atom stereocenters. The second-order valence-electron chi connectivity index (χ2n) is 7.68. The van der Waals surface area contributed by atoms with Crippen molar-refractivity contribution in [3.63, 3.8) is 0 Å². The summed E-state index contributed by atoms with van der Waals surface area (Å²) in [6.45, 7) is -0.560. The Morgan fingerprint density at radius 1 is 1.03 bits per heavy atom. The van der Waals surface area contributed by atoms with Crippen molar-refractivity contribution in [2.75, 3.05) is 6.61 Å². The molecule has 0 amide bonds. The number of aromatic nitrogens is 3. The number of alkyl halides is 3. The fraction of sp³-hybridized carbons (Fsp3) is 0.160. The fourth-order valence-electron chi connectivity index (χ4n) is 3.31. The highest BCUT2D eigenvalue weighted by Gasteiger charge is 2.46. The van der Waals surface area contributed by atoms with E-state index in [1.165, 1.54) is 12.4 Å². The van der Waals surface area contributed by atoms with Crippen LogP contribution in [-0.4, -0.2) is 39.4 Å². The van der Waals surface area contributed by atoms with Crippen molar-refractivity contribution in [1.82, 2.24) is 15.0 Å². The van der Waals surface area contributed by atoms with Crippen LogP contribution in [0.25, 0.3) is 10.9 Å². The molecule has 0 aliphatic carbocycles. The summed E-state index contributed by atoms with van der Waals surface area (Å²) in [4.78, 5) is 22.7. The van der Waals surface area contributed by atoms with Crippen LogP contribution in [0.4, 0.5) is 13.2 Å². The standard InChI is InChI=1S/C25H19F3N4O3/c26-25(27,28)23(33)35-24(29,11-19-14-32-22-6-2-1-5-21(19)22)16-34-20-10-18(13-31-15-20)8-7-17-4-3-9-30-12-17/h1-6,9-10,12-15,32H,11,16,29H2/t24-/m0/s1. The van der Waals surface area contributed by atoms with Crippen molar-refractivity contribution in [2.45, 2.75) is 18.3 Å². The van der Waals surface area contributed by atoms with Crippen LogP contribution in [0.5, 0.6) is 5.75 Å². The van der Waals surface area contributed by atoms with Gasteiger partial charge in [-0.2, -0.15) is 13.2 Å². The van der Waals surface area contributed by atoms with Gasteiger partial charge in [-0.15, -0.1) is 0 Å². The highest BCUT2D eigenvalue weighted by molar-refractivity contribution is 5.83. The van der Waals surface area contributed by atoms with Crippen molar-refractivity contribution in [1.29, 1.82) is 0 Å². The maximum absolute atomic E-state index is 12.9. The van der Waals surface area contributed by atoms with Gasteiger partial charge in [-0.25, -0.2) is 4.79 Å². The average molecular weight is 480 g/mol. The largest absolute Gasteiger partial charge is 0.490 e. The maximum atomic E-state index is 12.9. The summed E-state index contributed by atoms with van der Waals surface area (Å²) in [6.07, 6.45) is 2.24. The van der Waals surface area contributed by atoms with Crippen LogP contribution in [0, 0.1) is 11.8 Å². The quantitative estimate of drug-likeness (QED) is 0.248. The molecule has 35 heavy (non-hydrogen) atoms. The van der Waals surface area contributed by atoms with E-state index in [-0.39, 0.29) is 12.2 Å². The fourth-order valence-corrected chi connectivity index (χ4v) is 3.31. The van der Waals surface area contributed by atoms with Crippen LogP contribution in [0.1, 0.15) is 16.7 Å². The minimum absolute atomic E-state index is 0.194. The summed E-state index contributed by atoms with van der Waals surface area (Å²) in [5.41, 5.74) is 6.56. The molecule has 3 heterocycles. The molecular weight excluding hydrogens is 461 g/mol. The molecular formula is C25H19F3N4O3. The first kappa shape index (κ1) is 23.8. The van der Waals surface area contributed by atoms with Gasteiger partial charge in [0.2, 0.25) is 0 Å². The Morgan fingerprint density at radius 3 is 2.57 bits per heavy atom. The molecule has 4 rings (SSSR count). The van der Waals surface area contributed by atoms with Crippen LogP contribution in [0.15, 0.2) is 73.4 Å². The number of pyridine rings is 2. The molecule has 0 unspecified atom stereocenters. The van der Waals surface area contributed by atoms with Crippen molar-refractivity contribution in [3.8, 4) is 17.6 Å². The smallest absolute Gasteiger partial charge is 0.486 e. The van der Waals surface area contributed by atoms with Crippen molar-refractivity contribution < 1.29 is 27.4 Å². The van der Waals surface area contributed by atoms with Crippen LogP contribution < -0.4 is 10.5 Å². The number of hydrogen-bond donors (Lipinski definition) is 2. The molecule has 10 heteroatoms. The first-order valence-electron chi connectivity index (χ1n) is 10.4. The van der Waals surface area contributed by atoms with Gasteiger partial charge >= 0.3 is 12.1 Å². The number of carbonyl (C=O) groups excluding carboxylic acids is 1. The number of rotatable bonds is 6. The molecule has 0 spiro atoms. The third-order valence-corrected chi connectivity index (χ3v) is 4.90. The van der Waals surface area contributed by atoms with E-state index in [4.69, 9.17) is 15.2 Å². The number of nitrogens with zero attached hydrogens (tertiary/aromatic N) is 2. The summed E-state index contributed by atoms with van der Waals surface area (Å²) < 4.78 is 49.2. The summed E-state index contributed by atoms with van der Waals surface area (Å²) in [6, 6.07) is 12.3. The summed E-state index contributed by atoms with van der Waals surface area (Å²) >= 11 is 0. The normalized spacial score (nSPS) is 12.9. The molecule has 0 bridgehead atoms. The van der Waals surface area contributed by atoms with Gasteiger partial charge in [0.05, 0.1) is 6.20 Å². The van der Waals surface area contributed by atoms with Crippen LogP contribution in [0.2, 0.25) is 0 Å². The molecule has 0 aliphatic rings. The van der Waals surface area contributed by atoms with E-state index in [2.05, 4.69) is 26.8 Å². The molecule has 178 valence electrons. The lowest BCUT2D eigenvalue weighted by atomic mass is 10.0. The van der Waals surface area contributed by atoms with Gasteiger partial charge in [0.1, 0.15) is 12.4 Å². The van der Waals surface area contributed by atoms with Crippen molar-refractivity contribution in [2.24, 2.45) is 5.73 Å². The number of esters is 1. The topological polar surface area (TPSA) is 103 Å². The van der Waals surface area contributed by atoms with Gasteiger partial charge < -0.3 is 14.5 Å². The number of nitrogens with one attached hydrogen (secondary N) is 1. The summed E-state index contributed by atoms with van der Waals surface area (Å²) in [7, 11) is 0. The maximum Gasteiger partial charge on any atom is 0.490 e. The number of nitrogens with two attached hydrogens (primary N) is 1. The minimum Gasteiger partial charge on any atom is -0.486 e. The third kappa shape index (κ3) is 6.16. The number of H-pyrrole nitrogens is 1. The summed E-state index contributed by atoms with van der Waals surface area (Å²) in [5.74, 6) is 3.61. The predicted octanol–water partition coefficient (Wildman–Crippen LogP) is 3.74. The molecule has 0 aliphatic heterocycles. The van der Waals surface area contributed by atoms with Crippen LogP contribution in [0.3, 0.4) is 0 Å². The Labute approximate surface area is 198 Å². The monoisotopic (exact) mass is 480 g/mol. The van der Waals surface area contributed by atoms with E-state index in [1.54, 1.807) is 55.0 Å². The van der Waals surface area contributed by atoms with Gasteiger partial charge in [0.15, 0.2) is 5.72 Å². The number of fused-ring (bicyclic) bond motifs is 1. The molecule has 4 aromatic rings. The lowest BCUT2D eigenvalue weighted by molar-refractivity contribution is -0.216. The highest BCUT2D eigenvalue weighted by atomic mass is 19.4. The Bertz CT molecular complexity index is 1390. The number of hydrogen-bond acceptors (Lipinski definition) is 6. The van der Waals surface area contributed by atoms with Gasteiger partial charge in [0, 0.05) is 53.2 Å². The second-order valence-corrected chi connectivity index (χ2v) is 7.68. The zero-order valence-corrected chi connectivity index (χ0v) is 18.2. The highest BCUT2D eigenvalue weighted by Crippen LogP contribution is 2.26. The average Bonchev–Trinajstić information content (AvgIpc) is 3.24. The number of carbonyl (C=O) groups is 1. The van der Waals surface area contributed by atoms with Crippen LogP contribution >= 0.6 is 0 Å². The Kier molecular flexibility index (Phi) is 6.71. The third-order valence-electron chi connectivity index (χ3n) is 4.90. The number of aromatic amines is 1. The lowest BCUT2D eigenvalue weighted by Crippen LogP contribution is -2.53. The first-order chi connectivity index (χ1) is 16.7. The van der Waals surface area contributed by atoms with Crippen LogP contribution in [-0.2, 0) is 16.0 Å². The molecule has 0 fully saturated rings. The van der Waals surface area contributed by atoms with E-state index in [9.17, 15) is 18.0 Å². The number of ether oxygens (including phenoxy) is 2. The van der Waals surface area contributed by atoms with E-state index in [1.807, 2.05) is 6.07 Å². The number of para-hydroxylation sites is 1. The molecule has 0 saturated carbocycles. The van der Waals surface area contributed by atoms with Gasteiger partial charge in [-0.05, 0) is 29.8 Å². The van der Waals surface area contributed by atoms with Crippen molar-refractivity contribution in [3.05, 3.63) is 90.1 Å². The van der Waals surface area contributed by atoms with Crippen molar-refractivity contribution >= 4 is 16.9 Å². The number of benzene rings is 1. The van der Waals surface area contributed by atoms with Gasteiger partial charge in [-0.3, -0.25) is 15.7 Å². The lowest BCUT2D eigenvalue weighted by Gasteiger charge is -2.29. The minimum atomic E-state index is -5.21. The van der Waals surface area contributed by atoms with E-state index < -0.39 is 24.5 Å². The SMILES string of the molecule is N[C@@](COc1cncc(C#Cc2cccnc2)c1)(Cc1c[nH]c2ccccc12)OC(=O)C(F)(F)F. The zero-order valence-electron chi connectivity index (χ0n) is 18.2. The van der Waals surface area contributed by atoms with E-state index in [0.717, 1.165) is 10.9 Å². The first-order valence-corrected chi connectivity index (χ1v) is 10.4. The Morgan fingerprint density at radius 2 is 1.80 bits per heavy atom. The zero-order chi connectivity index (χ0) is 24.9. The molecule has 3 aromatic heterocycles.